The van der Waals surface area contributed by atoms with Crippen LogP contribution in [-0.2, 0) is 4.79 Å². The Hall–Kier alpha value is -1.30. The number of carbonyl (C=O) groups excluding carboxylic acids is 1. The van der Waals surface area contributed by atoms with Gasteiger partial charge in [-0.2, -0.15) is 0 Å². The average molecular weight is 341 g/mol. The van der Waals surface area contributed by atoms with E-state index in [4.69, 9.17) is 0 Å². The number of carboxylic acids is 1. The molecule has 0 bridgehead atoms. The summed E-state index contributed by atoms with van der Waals surface area (Å²) in [5.41, 5.74) is 0.604. The lowest BCUT2D eigenvalue weighted by atomic mass is 10.0. The van der Waals surface area contributed by atoms with Crippen molar-refractivity contribution in [2.75, 3.05) is 6.54 Å². The number of piperidine rings is 1. The van der Waals surface area contributed by atoms with Crippen LogP contribution in [0.25, 0.3) is 0 Å². The number of hydrogen-bond donors (Lipinski definition) is 1. The van der Waals surface area contributed by atoms with Gasteiger partial charge in [0.05, 0.1) is 0 Å². The van der Waals surface area contributed by atoms with E-state index in [0.717, 1.165) is 30.2 Å². The second-order valence-corrected chi connectivity index (χ2v) is 6.45. The summed E-state index contributed by atoms with van der Waals surface area (Å²) in [5.74, 6) is -1.06. The quantitative estimate of drug-likeness (QED) is 0.919. The van der Waals surface area contributed by atoms with Gasteiger partial charge in [-0.15, -0.1) is 0 Å². The molecule has 0 aromatic carbocycles. The van der Waals surface area contributed by atoms with Crippen LogP contribution < -0.4 is 0 Å². The van der Waals surface area contributed by atoms with Gasteiger partial charge in [0.15, 0.2) is 0 Å². The van der Waals surface area contributed by atoms with Gasteiger partial charge in [0, 0.05) is 23.3 Å². The molecule has 1 aliphatic carbocycles. The van der Waals surface area contributed by atoms with E-state index in [0.29, 0.717) is 24.7 Å². The number of nitrogens with zero attached hydrogens (tertiary/aromatic N) is 2. The standard InChI is InChI=1S/C14H17BrN2O3/c15-9-7-12(17(8-9)10-4-5-10)13(18)16-6-2-1-3-11(16)14(19)20/h7-8,10-11H,1-6H2,(H,19,20)/t11-/m0/s1. The van der Waals surface area contributed by atoms with Crippen LogP contribution in [0, 0.1) is 0 Å². The highest BCUT2D eigenvalue weighted by Crippen LogP contribution is 2.38. The third-order valence-corrected chi connectivity index (χ3v) is 4.46. The van der Waals surface area contributed by atoms with Gasteiger partial charge >= 0.3 is 5.97 Å². The highest BCUT2D eigenvalue weighted by Gasteiger charge is 2.35. The topological polar surface area (TPSA) is 62.5 Å². The van der Waals surface area contributed by atoms with Crippen LogP contribution in [0.5, 0.6) is 0 Å². The largest absolute Gasteiger partial charge is 0.480 e. The van der Waals surface area contributed by atoms with E-state index < -0.39 is 12.0 Å². The maximum Gasteiger partial charge on any atom is 0.326 e. The van der Waals surface area contributed by atoms with Crippen LogP contribution in [0.15, 0.2) is 16.7 Å². The molecule has 1 amide bonds. The van der Waals surface area contributed by atoms with Crippen LogP contribution in [0.2, 0.25) is 0 Å². The van der Waals surface area contributed by atoms with E-state index in [1.54, 1.807) is 6.07 Å². The zero-order chi connectivity index (χ0) is 14.3. The van der Waals surface area contributed by atoms with Crippen molar-refractivity contribution in [1.29, 1.82) is 0 Å². The molecule has 5 nitrogen and oxygen atoms in total. The Morgan fingerprint density at radius 2 is 2.00 bits per heavy atom. The zero-order valence-corrected chi connectivity index (χ0v) is 12.7. The zero-order valence-electron chi connectivity index (χ0n) is 11.1. The summed E-state index contributed by atoms with van der Waals surface area (Å²) in [5, 5.41) is 9.29. The van der Waals surface area contributed by atoms with E-state index in [1.807, 2.05) is 10.8 Å². The van der Waals surface area contributed by atoms with Crippen molar-refractivity contribution in [3.05, 3.63) is 22.4 Å². The Morgan fingerprint density at radius 1 is 1.25 bits per heavy atom. The fraction of sp³-hybridized carbons (Fsp3) is 0.571. The first-order valence-corrected chi connectivity index (χ1v) is 7.78. The molecule has 6 heteroatoms. The van der Waals surface area contributed by atoms with Crippen LogP contribution >= 0.6 is 15.9 Å². The van der Waals surface area contributed by atoms with Gasteiger partial charge in [-0.25, -0.2) is 4.79 Å². The maximum atomic E-state index is 12.7. The maximum absolute atomic E-state index is 12.7. The minimum atomic E-state index is -0.901. The third kappa shape index (κ3) is 2.49. The van der Waals surface area contributed by atoms with Crippen LogP contribution in [0.3, 0.4) is 0 Å². The lowest BCUT2D eigenvalue weighted by Crippen LogP contribution is -2.48. The molecule has 1 saturated carbocycles. The third-order valence-electron chi connectivity index (χ3n) is 4.02. The number of aliphatic carboxylic acids is 1. The number of carbonyl (C=O) groups is 2. The van der Waals surface area contributed by atoms with Crippen molar-refractivity contribution in [2.45, 2.75) is 44.2 Å². The molecule has 0 radical (unpaired) electrons. The molecule has 108 valence electrons. The van der Waals surface area contributed by atoms with Crippen molar-refractivity contribution in [1.82, 2.24) is 9.47 Å². The first kappa shape index (κ1) is 13.7. The fourth-order valence-electron chi connectivity index (χ4n) is 2.85. The Kier molecular flexibility index (Phi) is 3.58. The van der Waals surface area contributed by atoms with E-state index >= 15 is 0 Å². The molecule has 1 atom stereocenters. The molecule has 2 heterocycles. The molecule has 0 unspecified atom stereocenters. The molecule has 1 aliphatic heterocycles. The second-order valence-electron chi connectivity index (χ2n) is 5.53. The van der Waals surface area contributed by atoms with Crippen molar-refractivity contribution in [3.8, 4) is 0 Å². The molecule has 1 aromatic rings. The first-order chi connectivity index (χ1) is 9.58. The predicted molar refractivity (Wildman–Crippen MR) is 76.7 cm³/mol. The molecular weight excluding hydrogens is 324 g/mol. The first-order valence-electron chi connectivity index (χ1n) is 6.99. The van der Waals surface area contributed by atoms with Gasteiger partial charge in [0.2, 0.25) is 0 Å². The van der Waals surface area contributed by atoms with E-state index in [2.05, 4.69) is 15.9 Å². The van der Waals surface area contributed by atoms with Gasteiger partial charge in [-0.05, 0) is 54.1 Å². The normalized spacial score (nSPS) is 22.9. The Balaban J connectivity index is 1.89. The molecule has 0 spiro atoms. The van der Waals surface area contributed by atoms with Crippen LogP contribution in [0.4, 0.5) is 0 Å². The number of amides is 1. The molecule has 2 aliphatic rings. The summed E-state index contributed by atoms with van der Waals surface area (Å²) < 4.78 is 2.86. The van der Waals surface area contributed by atoms with Crippen LogP contribution in [-0.4, -0.2) is 39.0 Å². The summed E-state index contributed by atoms with van der Waals surface area (Å²) in [7, 11) is 0. The van der Waals surface area contributed by atoms with E-state index in [9.17, 15) is 14.7 Å². The minimum absolute atomic E-state index is 0.158. The van der Waals surface area contributed by atoms with Crippen molar-refractivity contribution in [3.63, 3.8) is 0 Å². The molecule has 1 saturated heterocycles. The highest BCUT2D eigenvalue weighted by atomic mass is 79.9. The monoisotopic (exact) mass is 340 g/mol. The molecule has 1 aromatic heterocycles. The molecule has 1 N–H and O–H groups in total. The predicted octanol–water partition coefficient (Wildman–Crippen LogP) is 2.66. The summed E-state index contributed by atoms with van der Waals surface area (Å²) >= 11 is 3.41. The molecular formula is C14H17BrN2O3. The number of rotatable bonds is 3. The van der Waals surface area contributed by atoms with Gasteiger partial charge < -0.3 is 14.6 Å². The molecule has 2 fully saturated rings. The molecule has 20 heavy (non-hydrogen) atoms. The molecule has 3 rings (SSSR count). The van der Waals surface area contributed by atoms with Gasteiger partial charge in [0.25, 0.3) is 5.91 Å². The Labute approximate surface area is 125 Å². The van der Waals surface area contributed by atoms with Gasteiger partial charge in [-0.3, -0.25) is 4.79 Å². The number of hydrogen-bond acceptors (Lipinski definition) is 2. The van der Waals surface area contributed by atoms with Gasteiger partial charge in [-0.1, -0.05) is 0 Å². The SMILES string of the molecule is O=C(O)[C@@H]1CCCCN1C(=O)c1cc(Br)cn1C1CC1. The summed E-state index contributed by atoms with van der Waals surface area (Å²) in [6.45, 7) is 0.531. The van der Waals surface area contributed by atoms with Crippen molar-refractivity contribution < 1.29 is 14.7 Å². The summed E-state index contributed by atoms with van der Waals surface area (Å²) in [6, 6.07) is 1.51. The number of carboxylic acid groups (broad SMARTS) is 1. The van der Waals surface area contributed by atoms with Gasteiger partial charge in [0.1, 0.15) is 11.7 Å². The summed E-state index contributed by atoms with van der Waals surface area (Å²) in [6.07, 6.45) is 6.39. The number of aromatic nitrogens is 1. The summed E-state index contributed by atoms with van der Waals surface area (Å²) in [4.78, 5) is 25.5. The number of likely N-dealkylation sites (tertiary alicyclic amines) is 1. The second kappa shape index (κ2) is 5.24. The van der Waals surface area contributed by atoms with E-state index in [1.165, 1.54) is 4.90 Å². The Bertz CT molecular complexity index is 551. The van der Waals surface area contributed by atoms with Crippen molar-refractivity contribution in [2.24, 2.45) is 0 Å². The smallest absolute Gasteiger partial charge is 0.326 e. The minimum Gasteiger partial charge on any atom is -0.480 e. The highest BCUT2D eigenvalue weighted by molar-refractivity contribution is 9.10. The lowest BCUT2D eigenvalue weighted by molar-refractivity contribution is -0.143. The average Bonchev–Trinajstić information content (AvgIpc) is 3.21. The Morgan fingerprint density at radius 3 is 2.65 bits per heavy atom. The number of halogens is 1. The lowest BCUT2D eigenvalue weighted by Gasteiger charge is -2.33. The van der Waals surface area contributed by atoms with Crippen molar-refractivity contribution >= 4 is 27.8 Å². The fourth-order valence-corrected chi connectivity index (χ4v) is 3.29. The van der Waals surface area contributed by atoms with Crippen LogP contribution in [0.1, 0.15) is 48.6 Å². The van der Waals surface area contributed by atoms with E-state index in [-0.39, 0.29) is 5.91 Å².